The van der Waals surface area contributed by atoms with Crippen LogP contribution in [0.15, 0.2) is 48.8 Å². The van der Waals surface area contributed by atoms with Gasteiger partial charge >= 0.3 is 0 Å². The summed E-state index contributed by atoms with van der Waals surface area (Å²) in [5.41, 5.74) is 4.66. The lowest BCUT2D eigenvalue weighted by Gasteiger charge is -2.29. The highest BCUT2D eigenvalue weighted by Gasteiger charge is 2.19. The molecule has 2 aromatic carbocycles. The van der Waals surface area contributed by atoms with Gasteiger partial charge in [0.25, 0.3) is 0 Å². The van der Waals surface area contributed by atoms with Gasteiger partial charge in [-0.05, 0) is 47.9 Å². The number of carbonyl (C=O) groups excluding carboxylic acids is 2. The summed E-state index contributed by atoms with van der Waals surface area (Å²) in [5.74, 6) is 0.809. The van der Waals surface area contributed by atoms with E-state index in [1.54, 1.807) is 0 Å². The molecule has 2 amide bonds. The summed E-state index contributed by atoms with van der Waals surface area (Å²) in [4.78, 5) is 37.8. The van der Waals surface area contributed by atoms with Crippen molar-refractivity contribution in [2.45, 2.75) is 26.8 Å². The number of fused-ring (bicyclic) bond motifs is 1. The van der Waals surface area contributed by atoms with Gasteiger partial charge in [0, 0.05) is 44.0 Å². The van der Waals surface area contributed by atoms with Crippen LogP contribution in [-0.2, 0) is 22.6 Å². The molecule has 0 spiro atoms. The van der Waals surface area contributed by atoms with E-state index in [9.17, 15) is 9.59 Å². The van der Waals surface area contributed by atoms with Crippen LogP contribution in [0.1, 0.15) is 25.0 Å². The number of benzene rings is 2. The molecule has 0 saturated heterocycles. The number of aromatic nitrogens is 3. The second-order valence-electron chi connectivity index (χ2n) is 7.33. The fourth-order valence-electron chi connectivity index (χ4n) is 3.51. The molecule has 2 heterocycles. The minimum absolute atomic E-state index is 0.0785. The maximum absolute atomic E-state index is 11.3. The molecule has 1 aliphatic rings. The first-order valence-corrected chi connectivity index (χ1v) is 9.94. The molecule has 0 unspecified atom stereocenters. The minimum Gasteiger partial charge on any atom is -0.336 e. The van der Waals surface area contributed by atoms with Crippen molar-refractivity contribution >= 4 is 40.8 Å². The molecule has 0 bridgehead atoms. The smallest absolute Gasteiger partial charge is 0.232 e. The fourth-order valence-corrected chi connectivity index (χ4v) is 3.51. The van der Waals surface area contributed by atoms with Crippen LogP contribution in [0.4, 0.5) is 29.0 Å². The van der Waals surface area contributed by atoms with Crippen LogP contribution >= 0.6 is 0 Å². The zero-order valence-corrected chi connectivity index (χ0v) is 17.3. The summed E-state index contributed by atoms with van der Waals surface area (Å²) in [5, 5.41) is 8.74. The highest BCUT2D eigenvalue weighted by atomic mass is 16.2. The van der Waals surface area contributed by atoms with Gasteiger partial charge in [-0.3, -0.25) is 9.59 Å². The average Bonchev–Trinajstić information content (AvgIpc) is 2.73. The van der Waals surface area contributed by atoms with E-state index in [1.165, 1.54) is 31.3 Å². The lowest BCUT2D eigenvalue weighted by molar-refractivity contribution is -0.115. The van der Waals surface area contributed by atoms with Crippen molar-refractivity contribution in [1.82, 2.24) is 15.0 Å². The summed E-state index contributed by atoms with van der Waals surface area (Å²) in [7, 11) is 0. The third-order valence-corrected chi connectivity index (χ3v) is 4.82. The Labute approximate surface area is 179 Å². The standard InChI is InChI=1S/C22H23N7O2/c1-14(30)25-18-4-3-5-19(11-18)27-21-23-13-24-22(28-21)29-9-8-16-10-20(26-15(2)31)7-6-17(16)12-29/h3-7,10-11,13H,8-9,12H2,1-2H3,(H,25,30)(H,26,31)(H,23,24,27,28). The Balaban J connectivity index is 1.48. The third-order valence-electron chi connectivity index (χ3n) is 4.82. The SMILES string of the molecule is CC(=O)Nc1cccc(Nc2ncnc(N3CCc4cc(NC(C)=O)ccc4C3)n2)c1. The van der Waals surface area contributed by atoms with Gasteiger partial charge in [-0.15, -0.1) is 0 Å². The predicted molar refractivity (Wildman–Crippen MR) is 119 cm³/mol. The van der Waals surface area contributed by atoms with Crippen molar-refractivity contribution in [1.29, 1.82) is 0 Å². The van der Waals surface area contributed by atoms with Crippen LogP contribution in [0, 0.1) is 0 Å². The molecule has 9 heteroatoms. The Kier molecular flexibility index (Phi) is 5.74. The molecule has 158 valence electrons. The second kappa shape index (κ2) is 8.78. The minimum atomic E-state index is -0.130. The van der Waals surface area contributed by atoms with Crippen LogP contribution in [0.2, 0.25) is 0 Å². The third kappa shape index (κ3) is 5.13. The van der Waals surface area contributed by atoms with E-state index in [0.717, 1.165) is 24.3 Å². The molecular formula is C22H23N7O2. The first kappa shape index (κ1) is 20.3. The Morgan fingerprint density at radius 1 is 0.903 bits per heavy atom. The van der Waals surface area contributed by atoms with Crippen LogP contribution < -0.4 is 20.9 Å². The number of hydrogen-bond acceptors (Lipinski definition) is 7. The number of nitrogens with one attached hydrogen (secondary N) is 3. The molecule has 31 heavy (non-hydrogen) atoms. The average molecular weight is 417 g/mol. The fraction of sp³-hybridized carbons (Fsp3) is 0.227. The normalized spacial score (nSPS) is 12.6. The van der Waals surface area contributed by atoms with Gasteiger partial charge in [0.1, 0.15) is 6.33 Å². The Bertz CT molecular complexity index is 1130. The van der Waals surface area contributed by atoms with Gasteiger partial charge in [-0.1, -0.05) is 12.1 Å². The van der Waals surface area contributed by atoms with Gasteiger partial charge in [-0.25, -0.2) is 9.97 Å². The largest absolute Gasteiger partial charge is 0.336 e. The maximum Gasteiger partial charge on any atom is 0.232 e. The van der Waals surface area contributed by atoms with E-state index >= 15 is 0 Å². The van der Waals surface area contributed by atoms with Crippen molar-refractivity contribution < 1.29 is 9.59 Å². The number of carbonyl (C=O) groups is 2. The number of rotatable bonds is 5. The van der Waals surface area contributed by atoms with Crippen molar-refractivity contribution in [2.24, 2.45) is 0 Å². The monoisotopic (exact) mass is 417 g/mol. The molecule has 0 aliphatic carbocycles. The van der Waals surface area contributed by atoms with Crippen molar-refractivity contribution in [3.63, 3.8) is 0 Å². The van der Waals surface area contributed by atoms with Crippen molar-refractivity contribution in [3.05, 3.63) is 59.9 Å². The first-order chi connectivity index (χ1) is 15.0. The van der Waals surface area contributed by atoms with Gasteiger partial charge in [0.15, 0.2) is 0 Å². The van der Waals surface area contributed by atoms with Crippen molar-refractivity contribution in [3.8, 4) is 0 Å². The van der Waals surface area contributed by atoms with Gasteiger partial charge in [-0.2, -0.15) is 4.98 Å². The van der Waals surface area contributed by atoms with Gasteiger partial charge < -0.3 is 20.9 Å². The lowest BCUT2D eigenvalue weighted by atomic mass is 9.99. The number of nitrogens with zero attached hydrogens (tertiary/aromatic N) is 4. The Morgan fingerprint density at radius 3 is 2.42 bits per heavy atom. The maximum atomic E-state index is 11.3. The summed E-state index contributed by atoms with van der Waals surface area (Å²) < 4.78 is 0. The zero-order chi connectivity index (χ0) is 21.8. The highest BCUT2D eigenvalue weighted by Crippen LogP contribution is 2.25. The Morgan fingerprint density at radius 2 is 1.65 bits per heavy atom. The molecule has 4 rings (SSSR count). The second-order valence-corrected chi connectivity index (χ2v) is 7.33. The topological polar surface area (TPSA) is 112 Å². The van der Waals surface area contributed by atoms with Crippen LogP contribution in [0.5, 0.6) is 0 Å². The predicted octanol–water partition coefficient (Wildman–Crippen LogP) is 3.09. The van der Waals surface area contributed by atoms with Gasteiger partial charge in [0.2, 0.25) is 23.7 Å². The van der Waals surface area contributed by atoms with Crippen LogP contribution in [0.3, 0.4) is 0 Å². The molecule has 3 aromatic rings. The van der Waals surface area contributed by atoms with E-state index in [2.05, 4.69) is 35.8 Å². The number of amides is 2. The van der Waals surface area contributed by atoms with E-state index in [4.69, 9.17) is 0 Å². The highest BCUT2D eigenvalue weighted by molar-refractivity contribution is 5.89. The molecule has 1 aliphatic heterocycles. The summed E-state index contributed by atoms with van der Waals surface area (Å²) in [6, 6.07) is 13.3. The van der Waals surface area contributed by atoms with E-state index < -0.39 is 0 Å². The summed E-state index contributed by atoms with van der Waals surface area (Å²) >= 11 is 0. The Hall–Kier alpha value is -4.01. The van der Waals surface area contributed by atoms with E-state index in [1.807, 2.05) is 42.5 Å². The first-order valence-electron chi connectivity index (χ1n) is 9.94. The van der Waals surface area contributed by atoms with Crippen molar-refractivity contribution in [2.75, 3.05) is 27.4 Å². The molecular weight excluding hydrogens is 394 g/mol. The van der Waals surface area contributed by atoms with E-state index in [0.29, 0.717) is 24.1 Å². The van der Waals surface area contributed by atoms with Crippen LogP contribution in [-0.4, -0.2) is 33.3 Å². The molecule has 1 aromatic heterocycles. The molecule has 0 atom stereocenters. The van der Waals surface area contributed by atoms with Crippen LogP contribution in [0.25, 0.3) is 0 Å². The van der Waals surface area contributed by atoms with Gasteiger partial charge in [0.05, 0.1) is 0 Å². The zero-order valence-electron chi connectivity index (χ0n) is 17.3. The summed E-state index contributed by atoms with van der Waals surface area (Å²) in [6.45, 7) is 4.41. The number of anilines is 5. The molecule has 3 N–H and O–H groups in total. The molecule has 9 nitrogen and oxygen atoms in total. The molecule has 0 radical (unpaired) electrons. The quantitative estimate of drug-likeness (QED) is 0.585. The lowest BCUT2D eigenvalue weighted by Crippen LogP contribution is -2.32. The summed E-state index contributed by atoms with van der Waals surface area (Å²) in [6.07, 6.45) is 2.31. The molecule has 0 saturated carbocycles. The number of hydrogen-bond donors (Lipinski definition) is 3. The van der Waals surface area contributed by atoms with E-state index in [-0.39, 0.29) is 11.8 Å². The molecule has 0 fully saturated rings.